The van der Waals surface area contributed by atoms with Gasteiger partial charge in [-0.2, -0.15) is 26.3 Å². The Balaban J connectivity index is 2.38. The number of halogens is 7. The van der Waals surface area contributed by atoms with Gasteiger partial charge in [0.05, 0.1) is 32.9 Å². The molecule has 3 rings (SSSR count). The summed E-state index contributed by atoms with van der Waals surface area (Å²) < 4.78 is 119. The van der Waals surface area contributed by atoms with Crippen molar-refractivity contribution in [3.8, 4) is 11.3 Å². The largest absolute Gasteiger partial charge is 0.417 e. The van der Waals surface area contributed by atoms with E-state index in [2.05, 4.69) is 4.98 Å². The Morgan fingerprint density at radius 3 is 2.13 bits per heavy atom. The number of alkyl halides is 6. The van der Waals surface area contributed by atoms with Gasteiger partial charge in [0.15, 0.2) is 15.7 Å². The van der Waals surface area contributed by atoms with Gasteiger partial charge in [-0.15, -0.1) is 0 Å². The van der Waals surface area contributed by atoms with Crippen LogP contribution in [0.25, 0.3) is 22.3 Å². The van der Waals surface area contributed by atoms with E-state index in [-0.39, 0.29) is 5.65 Å². The molecule has 0 unspecified atom stereocenters. The third-order valence-electron chi connectivity index (χ3n) is 4.57. The fraction of sp³-hybridized carbons (Fsp3) is 0.278. The third kappa shape index (κ3) is 3.64. The molecule has 1 aromatic carbocycles. The number of hydrogen-bond acceptors (Lipinski definition) is 3. The Labute approximate surface area is 165 Å². The first-order chi connectivity index (χ1) is 13.7. The van der Waals surface area contributed by atoms with Crippen molar-refractivity contribution >= 4 is 20.9 Å². The van der Waals surface area contributed by atoms with Gasteiger partial charge < -0.3 is 4.57 Å². The minimum atomic E-state index is -4.85. The van der Waals surface area contributed by atoms with Crippen molar-refractivity contribution in [3.63, 3.8) is 0 Å². The molecule has 0 aliphatic carbocycles. The summed E-state index contributed by atoms with van der Waals surface area (Å²) in [6.07, 6.45) is -9.16. The average molecular weight is 454 g/mol. The molecule has 0 radical (unpaired) electrons. The van der Waals surface area contributed by atoms with E-state index in [1.807, 2.05) is 0 Å². The van der Waals surface area contributed by atoms with Crippen LogP contribution < -0.4 is 0 Å². The van der Waals surface area contributed by atoms with E-state index in [4.69, 9.17) is 0 Å². The lowest BCUT2D eigenvalue weighted by molar-refractivity contribution is -0.138. The predicted molar refractivity (Wildman–Crippen MR) is 93.8 cm³/mol. The Kier molecular flexibility index (Phi) is 5.12. The fourth-order valence-electron chi connectivity index (χ4n) is 3.03. The molecule has 0 aliphatic rings. The van der Waals surface area contributed by atoms with Crippen LogP contribution in [0.2, 0.25) is 0 Å². The SMILES string of the molecule is CCS(=O)(=O)c1cc(C(F)(F)F)ccc1-c1c(F)c2cc(C(F)(F)F)cnc2n1C. The molecule has 0 N–H and O–H groups in total. The van der Waals surface area contributed by atoms with Crippen LogP contribution in [0.5, 0.6) is 0 Å². The van der Waals surface area contributed by atoms with Crippen molar-refractivity contribution in [1.82, 2.24) is 9.55 Å². The molecule has 0 saturated carbocycles. The van der Waals surface area contributed by atoms with Crippen LogP contribution >= 0.6 is 0 Å². The third-order valence-corrected chi connectivity index (χ3v) is 6.34. The zero-order chi connectivity index (χ0) is 22.6. The van der Waals surface area contributed by atoms with Gasteiger partial charge in [-0.25, -0.2) is 17.8 Å². The van der Waals surface area contributed by atoms with Crippen LogP contribution in [-0.2, 0) is 29.2 Å². The molecule has 30 heavy (non-hydrogen) atoms. The first kappa shape index (κ1) is 22.1. The maximum atomic E-state index is 15.1. The lowest BCUT2D eigenvalue weighted by Gasteiger charge is -2.14. The molecule has 4 nitrogen and oxygen atoms in total. The van der Waals surface area contributed by atoms with E-state index < -0.39 is 66.4 Å². The highest BCUT2D eigenvalue weighted by atomic mass is 32.2. The van der Waals surface area contributed by atoms with Crippen LogP contribution in [0.3, 0.4) is 0 Å². The summed E-state index contributed by atoms with van der Waals surface area (Å²) in [5.41, 5.74) is -3.60. The van der Waals surface area contributed by atoms with Gasteiger partial charge >= 0.3 is 12.4 Å². The number of rotatable bonds is 3. The number of fused-ring (bicyclic) bond motifs is 1. The molecule has 0 bridgehead atoms. The Morgan fingerprint density at radius 1 is 1.00 bits per heavy atom. The number of aromatic nitrogens is 2. The topological polar surface area (TPSA) is 52.0 Å². The zero-order valence-electron chi connectivity index (χ0n) is 15.4. The summed E-state index contributed by atoms with van der Waals surface area (Å²) in [7, 11) is -3.02. The van der Waals surface area contributed by atoms with Gasteiger partial charge in [0.2, 0.25) is 0 Å². The number of aryl methyl sites for hydroxylation is 1. The maximum Gasteiger partial charge on any atom is 0.417 e. The Hall–Kier alpha value is -2.63. The molecule has 0 amide bonds. The van der Waals surface area contributed by atoms with E-state index in [1.54, 1.807) is 0 Å². The molecule has 0 saturated heterocycles. The maximum absolute atomic E-state index is 15.1. The monoisotopic (exact) mass is 454 g/mol. The second-order valence-electron chi connectivity index (χ2n) is 6.43. The van der Waals surface area contributed by atoms with Gasteiger partial charge in [0.1, 0.15) is 5.65 Å². The lowest BCUT2D eigenvalue weighted by atomic mass is 10.1. The van der Waals surface area contributed by atoms with Gasteiger partial charge in [-0.1, -0.05) is 13.0 Å². The molecule has 0 aliphatic heterocycles. The molecule has 0 spiro atoms. The minimum absolute atomic E-state index is 0.227. The molecule has 162 valence electrons. The molecular weight excluding hydrogens is 441 g/mol. The second-order valence-corrected chi connectivity index (χ2v) is 8.67. The smallest absolute Gasteiger partial charge is 0.326 e. The standard InChI is InChI=1S/C18H13F7N2O2S/c1-3-30(28,29)13-7-9(17(20,21)22)4-5-11(13)15-14(19)12-6-10(18(23,24)25)8-26-16(12)27(15)2/h4-8H,3H2,1-2H3. The predicted octanol–water partition coefficient (Wildman–Crippen LogP) is 5.21. The van der Waals surface area contributed by atoms with Crippen LogP contribution in [0.15, 0.2) is 35.4 Å². The van der Waals surface area contributed by atoms with Crippen molar-refractivity contribution in [3.05, 3.63) is 47.4 Å². The molecule has 12 heteroatoms. The average Bonchev–Trinajstić information content (AvgIpc) is 2.90. The summed E-state index contributed by atoms with van der Waals surface area (Å²) in [6.45, 7) is 1.20. The summed E-state index contributed by atoms with van der Waals surface area (Å²) in [5.74, 6) is -1.79. The zero-order valence-corrected chi connectivity index (χ0v) is 16.2. The van der Waals surface area contributed by atoms with Crippen molar-refractivity contribution in [1.29, 1.82) is 0 Å². The number of pyridine rings is 1. The highest BCUT2D eigenvalue weighted by Gasteiger charge is 2.35. The highest BCUT2D eigenvalue weighted by Crippen LogP contribution is 2.40. The number of nitrogens with zero attached hydrogens (tertiary/aromatic N) is 2. The summed E-state index contributed by atoms with van der Waals surface area (Å²) in [6, 6.07) is 2.27. The van der Waals surface area contributed by atoms with Crippen molar-refractivity contribution in [2.45, 2.75) is 24.2 Å². The second kappa shape index (κ2) is 6.96. The first-order valence-electron chi connectivity index (χ1n) is 8.34. The van der Waals surface area contributed by atoms with E-state index in [1.165, 1.54) is 14.0 Å². The van der Waals surface area contributed by atoms with E-state index in [0.717, 1.165) is 10.6 Å². The van der Waals surface area contributed by atoms with Crippen LogP contribution in [-0.4, -0.2) is 23.7 Å². The van der Waals surface area contributed by atoms with Gasteiger partial charge in [0.25, 0.3) is 0 Å². The van der Waals surface area contributed by atoms with E-state index in [0.29, 0.717) is 24.4 Å². The number of hydrogen-bond donors (Lipinski definition) is 0. The molecule has 3 aromatic rings. The molecular formula is C18H13F7N2O2S. The van der Waals surface area contributed by atoms with Gasteiger partial charge in [-0.05, 0) is 18.2 Å². The summed E-state index contributed by atoms with van der Waals surface area (Å²) in [4.78, 5) is 2.82. The number of sulfone groups is 1. The van der Waals surface area contributed by atoms with Crippen LogP contribution in [0, 0.1) is 5.82 Å². The number of benzene rings is 1. The molecule has 0 fully saturated rings. The summed E-state index contributed by atoms with van der Waals surface area (Å²) >= 11 is 0. The van der Waals surface area contributed by atoms with Crippen LogP contribution in [0.1, 0.15) is 18.1 Å². The van der Waals surface area contributed by atoms with E-state index >= 15 is 4.39 Å². The van der Waals surface area contributed by atoms with Crippen LogP contribution in [0.4, 0.5) is 30.7 Å². The minimum Gasteiger partial charge on any atom is -0.326 e. The lowest BCUT2D eigenvalue weighted by Crippen LogP contribution is -2.11. The molecule has 0 atom stereocenters. The van der Waals surface area contributed by atoms with Crippen molar-refractivity contribution < 1.29 is 39.2 Å². The van der Waals surface area contributed by atoms with Crippen molar-refractivity contribution in [2.24, 2.45) is 7.05 Å². The van der Waals surface area contributed by atoms with Crippen molar-refractivity contribution in [2.75, 3.05) is 5.75 Å². The van der Waals surface area contributed by atoms with Gasteiger partial charge in [-0.3, -0.25) is 0 Å². The highest BCUT2D eigenvalue weighted by molar-refractivity contribution is 7.91. The van der Waals surface area contributed by atoms with Gasteiger partial charge in [0, 0.05) is 18.8 Å². The normalized spacial score (nSPS) is 13.2. The molecule has 2 heterocycles. The fourth-order valence-corrected chi connectivity index (χ4v) is 4.15. The molecule has 2 aromatic heterocycles. The Bertz CT molecular complexity index is 1240. The van der Waals surface area contributed by atoms with E-state index in [9.17, 15) is 34.8 Å². The quantitative estimate of drug-likeness (QED) is 0.511. The summed E-state index contributed by atoms with van der Waals surface area (Å²) in [5, 5.41) is -0.540. The Morgan fingerprint density at radius 2 is 1.60 bits per heavy atom. The first-order valence-corrected chi connectivity index (χ1v) is 9.99.